The van der Waals surface area contributed by atoms with Gasteiger partial charge in [-0.1, -0.05) is 13.3 Å². The van der Waals surface area contributed by atoms with Crippen molar-refractivity contribution in [3.63, 3.8) is 0 Å². The molecule has 0 amide bonds. The van der Waals surface area contributed by atoms with Crippen molar-refractivity contribution in [2.45, 2.75) is 69.8 Å². The third-order valence-corrected chi connectivity index (χ3v) is 4.86. The fourth-order valence-electron chi connectivity index (χ4n) is 3.19. The molecule has 0 saturated carbocycles. The molecule has 31 heavy (non-hydrogen) atoms. The topological polar surface area (TPSA) is 181 Å². The average Bonchev–Trinajstić information content (AvgIpc) is 2.71. The normalized spacial score (nSPS) is 29.8. The summed E-state index contributed by atoms with van der Waals surface area (Å²) in [5.41, 5.74) is -0.0932. The van der Waals surface area contributed by atoms with Crippen molar-refractivity contribution in [2.75, 3.05) is 0 Å². The molecule has 6 unspecified atom stereocenters. The van der Waals surface area contributed by atoms with Crippen molar-refractivity contribution in [2.24, 2.45) is 0 Å². The first-order valence-electron chi connectivity index (χ1n) is 9.39. The summed E-state index contributed by atoms with van der Waals surface area (Å²) in [6.45, 7) is 2.10. The Balaban J connectivity index is 0.00000341. The van der Waals surface area contributed by atoms with Gasteiger partial charge in [0.25, 0.3) is 0 Å². The number of ether oxygens (including phenoxy) is 4. The molecule has 0 bridgehead atoms. The number of carbonyl (C=O) groups is 1. The zero-order valence-electron chi connectivity index (χ0n) is 17.0. The van der Waals surface area contributed by atoms with Gasteiger partial charge in [0.15, 0.2) is 6.29 Å². The molecule has 13 heteroatoms. The number of carbonyl (C=O) groups excluding carboxylic acids is 1. The quantitative estimate of drug-likeness (QED) is 0.209. The van der Waals surface area contributed by atoms with Crippen LogP contribution in [0.3, 0.4) is 0 Å². The average molecular weight is 451 g/mol. The standard InChI is InChI=1S/C18H23NO11.Na/c1-2-3-4-12-27-7-8-5-9(19(25)26)11(6-10(8)28-12)29-18-15(22)13(20)14(21)16(30-18)17(23)24;/h5-6,12-16,18,20-22H,2-4,7H2,1H3,(H,23,24);/q;+1/p-1. The molecule has 0 aliphatic carbocycles. The summed E-state index contributed by atoms with van der Waals surface area (Å²) in [6, 6.07) is 2.40. The summed E-state index contributed by atoms with van der Waals surface area (Å²) < 4.78 is 21.5. The number of nitrogens with zero attached hydrogens (tertiary/aromatic N) is 1. The number of hydrogen-bond donors (Lipinski definition) is 3. The predicted molar refractivity (Wildman–Crippen MR) is 94.1 cm³/mol. The van der Waals surface area contributed by atoms with Gasteiger partial charge in [-0.2, -0.15) is 0 Å². The van der Waals surface area contributed by atoms with Crippen LogP contribution < -0.4 is 44.1 Å². The molecule has 1 aromatic carbocycles. The van der Waals surface area contributed by atoms with Crippen LogP contribution in [0.25, 0.3) is 0 Å². The maximum Gasteiger partial charge on any atom is 1.00 e. The Hall–Kier alpha value is -1.51. The summed E-state index contributed by atoms with van der Waals surface area (Å²) in [7, 11) is 0. The van der Waals surface area contributed by atoms with Gasteiger partial charge in [0, 0.05) is 24.1 Å². The van der Waals surface area contributed by atoms with Crippen LogP contribution >= 0.6 is 0 Å². The first kappa shape index (κ1) is 25.7. The monoisotopic (exact) mass is 451 g/mol. The first-order chi connectivity index (χ1) is 14.2. The smallest absolute Gasteiger partial charge is 0.547 e. The Bertz CT molecular complexity index is 807. The second kappa shape index (κ2) is 10.9. The Morgan fingerprint density at radius 3 is 2.58 bits per heavy atom. The van der Waals surface area contributed by atoms with Gasteiger partial charge >= 0.3 is 35.2 Å². The third-order valence-electron chi connectivity index (χ3n) is 4.86. The number of nitro groups is 1. The van der Waals surface area contributed by atoms with E-state index in [1.54, 1.807) is 0 Å². The van der Waals surface area contributed by atoms with Gasteiger partial charge < -0.3 is 44.2 Å². The summed E-state index contributed by atoms with van der Waals surface area (Å²) >= 11 is 0. The molecule has 0 aromatic heterocycles. The number of nitro benzene ring substituents is 1. The van der Waals surface area contributed by atoms with Gasteiger partial charge in [-0.3, -0.25) is 10.1 Å². The number of hydrogen-bond acceptors (Lipinski definition) is 11. The molecule has 0 spiro atoms. The van der Waals surface area contributed by atoms with Gasteiger partial charge in [0.2, 0.25) is 12.0 Å². The molecule has 1 aromatic rings. The Kier molecular flexibility index (Phi) is 9.03. The number of benzene rings is 1. The second-order valence-electron chi connectivity index (χ2n) is 7.02. The second-order valence-corrected chi connectivity index (χ2v) is 7.02. The van der Waals surface area contributed by atoms with Crippen LogP contribution in [-0.4, -0.2) is 63.2 Å². The third kappa shape index (κ3) is 5.65. The molecular formula is C18H22NNaO11. The molecule has 3 N–H and O–H groups in total. The predicted octanol–water partition coefficient (Wildman–Crippen LogP) is -4.04. The molecule has 2 aliphatic heterocycles. The van der Waals surface area contributed by atoms with Crippen LogP contribution in [0.4, 0.5) is 5.69 Å². The number of carboxylic acids is 1. The Morgan fingerprint density at radius 2 is 1.97 bits per heavy atom. The van der Waals surface area contributed by atoms with Crippen molar-refractivity contribution in [1.82, 2.24) is 0 Å². The number of rotatable bonds is 7. The number of fused-ring (bicyclic) bond motifs is 1. The van der Waals surface area contributed by atoms with E-state index in [-0.39, 0.29) is 47.7 Å². The van der Waals surface area contributed by atoms with E-state index in [9.17, 15) is 35.3 Å². The van der Waals surface area contributed by atoms with E-state index in [2.05, 4.69) is 0 Å². The van der Waals surface area contributed by atoms with E-state index < -0.39 is 53.6 Å². The molecule has 0 radical (unpaired) electrons. The van der Waals surface area contributed by atoms with Crippen LogP contribution in [-0.2, 0) is 20.9 Å². The van der Waals surface area contributed by atoms with Crippen LogP contribution in [0.2, 0.25) is 0 Å². The SMILES string of the molecule is CCCCC1OCc2cc([N+](=O)[O-])c(OC3OC(C(=O)[O-])C(O)C(O)C3O)cc2O1.[Na+]. The first-order valence-corrected chi connectivity index (χ1v) is 9.39. The zero-order chi connectivity index (χ0) is 22.0. The van der Waals surface area contributed by atoms with Crippen LogP contribution in [0.1, 0.15) is 31.7 Å². The van der Waals surface area contributed by atoms with Crippen LogP contribution in [0, 0.1) is 10.1 Å². The zero-order valence-corrected chi connectivity index (χ0v) is 19.0. The van der Waals surface area contributed by atoms with Crippen LogP contribution in [0.15, 0.2) is 12.1 Å². The van der Waals surface area contributed by atoms with Crippen molar-refractivity contribution in [3.05, 3.63) is 27.8 Å². The maximum absolute atomic E-state index is 11.5. The van der Waals surface area contributed by atoms with E-state index in [4.69, 9.17) is 18.9 Å². The van der Waals surface area contributed by atoms with E-state index in [1.165, 1.54) is 12.1 Å². The molecule has 12 nitrogen and oxygen atoms in total. The molecular weight excluding hydrogens is 429 g/mol. The van der Waals surface area contributed by atoms with Crippen molar-refractivity contribution in [1.29, 1.82) is 0 Å². The summed E-state index contributed by atoms with van der Waals surface area (Å²) in [6.07, 6.45) is -7.76. The molecule has 2 heterocycles. The maximum atomic E-state index is 11.5. The summed E-state index contributed by atoms with van der Waals surface area (Å²) in [5, 5.41) is 52.3. The molecule has 166 valence electrons. The number of aliphatic hydroxyl groups is 3. The molecule has 1 saturated heterocycles. The number of carboxylic acid groups (broad SMARTS) is 1. The molecule has 1 fully saturated rings. The number of aliphatic hydroxyl groups excluding tert-OH is 3. The minimum atomic E-state index is -2.01. The fraction of sp³-hybridized carbons (Fsp3) is 0.611. The van der Waals surface area contributed by atoms with Crippen LogP contribution in [0.5, 0.6) is 11.5 Å². The summed E-state index contributed by atoms with van der Waals surface area (Å²) in [5.74, 6) is -1.95. The van der Waals surface area contributed by atoms with Crippen molar-refractivity contribution >= 4 is 11.7 Å². The van der Waals surface area contributed by atoms with E-state index in [1.807, 2.05) is 6.92 Å². The largest absolute Gasteiger partial charge is 1.00 e. The summed E-state index contributed by atoms with van der Waals surface area (Å²) in [4.78, 5) is 21.8. The van der Waals surface area contributed by atoms with Crippen molar-refractivity contribution < 1.29 is 78.6 Å². The van der Waals surface area contributed by atoms with Gasteiger partial charge in [-0.25, -0.2) is 0 Å². The van der Waals surface area contributed by atoms with Gasteiger partial charge in [-0.15, -0.1) is 0 Å². The fourth-order valence-corrected chi connectivity index (χ4v) is 3.19. The minimum absolute atomic E-state index is 0. The minimum Gasteiger partial charge on any atom is -0.547 e. The molecule has 3 rings (SSSR count). The van der Waals surface area contributed by atoms with E-state index in [0.29, 0.717) is 12.0 Å². The molecule has 6 atom stereocenters. The Labute approximate surface area is 199 Å². The van der Waals surface area contributed by atoms with Gasteiger partial charge in [-0.05, 0) is 6.42 Å². The molecule has 2 aliphatic rings. The number of aliphatic carboxylic acids is 1. The van der Waals surface area contributed by atoms with E-state index in [0.717, 1.165) is 12.8 Å². The number of unbranched alkanes of at least 4 members (excludes halogenated alkanes) is 1. The van der Waals surface area contributed by atoms with Crippen molar-refractivity contribution in [3.8, 4) is 11.5 Å². The van der Waals surface area contributed by atoms with Gasteiger partial charge in [0.05, 0.1) is 17.5 Å². The Morgan fingerprint density at radius 1 is 1.26 bits per heavy atom. The van der Waals surface area contributed by atoms with Gasteiger partial charge in [0.1, 0.15) is 30.2 Å². The van der Waals surface area contributed by atoms with E-state index >= 15 is 0 Å².